The highest BCUT2D eigenvalue weighted by Crippen LogP contribution is 2.34. The number of thioether (sulfide) groups is 1. The number of rotatable bonds is 5. The van der Waals surface area contributed by atoms with Gasteiger partial charge in [-0.05, 0) is 51.0 Å². The van der Waals surface area contributed by atoms with Gasteiger partial charge in [0.15, 0.2) is 0 Å². The number of thiocarbonyl (C=S) groups is 1. The summed E-state index contributed by atoms with van der Waals surface area (Å²) in [4.78, 5) is 42.2. The maximum atomic E-state index is 13.5. The van der Waals surface area contributed by atoms with E-state index >= 15 is 0 Å². The molecule has 1 atom stereocenters. The van der Waals surface area contributed by atoms with E-state index in [-0.39, 0.29) is 23.6 Å². The standard InChI is InChI=1S/C24H24N4O2S2.C2H4O2/c1-14(2)28-23(30)19(32-24(28)31)13-18-20(25-16(4)17-10-6-5-7-11-17)26-21-15(3)9-8-12-27(21)22(18)29;1-2(3)4/h5-14,16,25H,1-4H3;1H3,(H,3,4)/b19-13+;. The number of aryl methyl sites for hydroxylation is 1. The molecular formula is C26H28N4O4S2. The fourth-order valence-corrected chi connectivity index (χ4v) is 5.14. The molecule has 8 nitrogen and oxygen atoms in total. The molecule has 1 amide bonds. The Balaban J connectivity index is 0.000000840. The Bertz CT molecular complexity index is 1400. The number of aliphatic carboxylic acids is 1. The highest BCUT2D eigenvalue weighted by molar-refractivity contribution is 8.26. The summed E-state index contributed by atoms with van der Waals surface area (Å²) in [5.74, 6) is -0.582. The van der Waals surface area contributed by atoms with Gasteiger partial charge in [0.1, 0.15) is 15.8 Å². The number of carbonyl (C=O) groups excluding carboxylic acids is 1. The van der Waals surface area contributed by atoms with Crippen molar-refractivity contribution in [2.24, 2.45) is 0 Å². The van der Waals surface area contributed by atoms with Crippen molar-refractivity contribution in [3.63, 3.8) is 0 Å². The van der Waals surface area contributed by atoms with Gasteiger partial charge in [-0.15, -0.1) is 0 Å². The van der Waals surface area contributed by atoms with Crippen LogP contribution < -0.4 is 10.9 Å². The molecule has 1 fully saturated rings. The first-order valence-corrected chi connectivity index (χ1v) is 12.5. The van der Waals surface area contributed by atoms with Crippen molar-refractivity contribution in [1.82, 2.24) is 14.3 Å². The molecule has 2 N–H and O–H groups in total. The molecule has 3 aromatic rings. The average Bonchev–Trinajstić information content (AvgIpc) is 3.10. The van der Waals surface area contributed by atoms with Crippen LogP contribution in [0.4, 0.5) is 5.82 Å². The summed E-state index contributed by atoms with van der Waals surface area (Å²) in [7, 11) is 0. The summed E-state index contributed by atoms with van der Waals surface area (Å²) in [5.41, 5.74) is 2.62. The number of hydrogen-bond donors (Lipinski definition) is 2. The van der Waals surface area contributed by atoms with Crippen LogP contribution in [0.3, 0.4) is 0 Å². The number of aromatic nitrogens is 2. The average molecular weight is 525 g/mol. The monoisotopic (exact) mass is 524 g/mol. The molecule has 10 heteroatoms. The minimum Gasteiger partial charge on any atom is -0.481 e. The fourth-order valence-electron chi connectivity index (χ4n) is 3.64. The van der Waals surface area contributed by atoms with E-state index < -0.39 is 5.97 Å². The molecule has 1 aliphatic heterocycles. The molecule has 0 spiro atoms. The van der Waals surface area contributed by atoms with Gasteiger partial charge in [-0.25, -0.2) is 4.98 Å². The topological polar surface area (TPSA) is 104 Å². The molecule has 3 heterocycles. The lowest BCUT2D eigenvalue weighted by Crippen LogP contribution is -2.34. The van der Waals surface area contributed by atoms with Crippen molar-refractivity contribution in [3.8, 4) is 0 Å². The molecule has 188 valence electrons. The Kier molecular flexibility index (Phi) is 8.65. The predicted octanol–water partition coefficient (Wildman–Crippen LogP) is 4.88. The first kappa shape index (κ1) is 27.1. The molecule has 1 aromatic carbocycles. The molecular weight excluding hydrogens is 496 g/mol. The van der Waals surface area contributed by atoms with Crippen LogP contribution >= 0.6 is 24.0 Å². The first-order valence-electron chi connectivity index (χ1n) is 11.3. The summed E-state index contributed by atoms with van der Waals surface area (Å²) in [6.07, 6.45) is 3.31. The largest absolute Gasteiger partial charge is 0.481 e. The van der Waals surface area contributed by atoms with Crippen LogP contribution in [-0.2, 0) is 9.59 Å². The minimum atomic E-state index is -0.833. The molecule has 0 saturated carbocycles. The Labute approximate surface area is 219 Å². The molecule has 0 bridgehead atoms. The third kappa shape index (κ3) is 6.00. The number of amides is 1. The quantitative estimate of drug-likeness (QED) is 0.360. The van der Waals surface area contributed by atoms with Gasteiger partial charge in [0.05, 0.1) is 10.5 Å². The van der Waals surface area contributed by atoms with E-state index in [1.54, 1.807) is 17.2 Å². The van der Waals surface area contributed by atoms with Gasteiger partial charge >= 0.3 is 0 Å². The summed E-state index contributed by atoms with van der Waals surface area (Å²) in [5, 5.41) is 10.8. The lowest BCUT2D eigenvalue weighted by Gasteiger charge is -2.19. The number of nitrogens with one attached hydrogen (secondary N) is 1. The normalized spacial score (nSPS) is 15.3. The Morgan fingerprint density at radius 3 is 2.36 bits per heavy atom. The number of pyridine rings is 1. The highest BCUT2D eigenvalue weighted by Gasteiger charge is 2.34. The van der Waals surface area contributed by atoms with E-state index in [9.17, 15) is 9.59 Å². The number of fused-ring (bicyclic) bond motifs is 1. The smallest absolute Gasteiger partial charge is 0.300 e. The van der Waals surface area contributed by atoms with Crippen LogP contribution in [0.2, 0.25) is 0 Å². The third-order valence-corrected chi connectivity index (χ3v) is 6.68. The summed E-state index contributed by atoms with van der Waals surface area (Å²) in [6.45, 7) is 8.84. The number of carboxylic acids is 1. The molecule has 1 unspecified atom stereocenters. The Hall–Kier alpha value is -3.50. The first-order chi connectivity index (χ1) is 17.0. The van der Waals surface area contributed by atoms with Gasteiger partial charge in [-0.3, -0.25) is 23.7 Å². The van der Waals surface area contributed by atoms with Crippen LogP contribution in [0, 0.1) is 6.92 Å². The maximum Gasteiger partial charge on any atom is 0.300 e. The molecule has 36 heavy (non-hydrogen) atoms. The van der Waals surface area contributed by atoms with Gasteiger partial charge in [0.2, 0.25) is 0 Å². The van der Waals surface area contributed by atoms with E-state index in [1.807, 2.05) is 70.2 Å². The lowest BCUT2D eigenvalue weighted by atomic mass is 10.1. The van der Waals surface area contributed by atoms with Gasteiger partial charge in [-0.2, -0.15) is 0 Å². The van der Waals surface area contributed by atoms with Gasteiger partial charge in [0, 0.05) is 25.2 Å². The predicted molar refractivity (Wildman–Crippen MR) is 148 cm³/mol. The summed E-state index contributed by atoms with van der Waals surface area (Å²) in [6, 6.07) is 13.5. The Morgan fingerprint density at radius 2 is 1.78 bits per heavy atom. The zero-order valence-electron chi connectivity index (χ0n) is 20.7. The van der Waals surface area contributed by atoms with Crippen LogP contribution in [0.5, 0.6) is 0 Å². The minimum absolute atomic E-state index is 0.0532. The number of anilines is 1. The summed E-state index contributed by atoms with van der Waals surface area (Å²) < 4.78 is 2.01. The molecule has 4 rings (SSSR count). The van der Waals surface area contributed by atoms with Crippen LogP contribution in [-0.4, -0.2) is 41.6 Å². The summed E-state index contributed by atoms with van der Waals surface area (Å²) >= 11 is 6.60. The molecule has 0 radical (unpaired) electrons. The number of nitrogens with zero attached hydrogens (tertiary/aromatic N) is 3. The second-order valence-corrected chi connectivity index (χ2v) is 10.2. The number of hydrogen-bond acceptors (Lipinski definition) is 7. The number of carbonyl (C=O) groups is 2. The van der Waals surface area contributed by atoms with Crippen LogP contribution in [0.1, 0.15) is 50.4 Å². The van der Waals surface area contributed by atoms with Crippen molar-refractivity contribution in [3.05, 3.63) is 80.6 Å². The van der Waals surface area contributed by atoms with Crippen molar-refractivity contribution in [1.29, 1.82) is 0 Å². The van der Waals surface area contributed by atoms with E-state index in [0.717, 1.165) is 18.1 Å². The zero-order chi connectivity index (χ0) is 26.6. The lowest BCUT2D eigenvalue weighted by molar-refractivity contribution is -0.134. The van der Waals surface area contributed by atoms with E-state index in [2.05, 4.69) is 5.32 Å². The van der Waals surface area contributed by atoms with Crippen molar-refractivity contribution in [2.75, 3.05) is 5.32 Å². The van der Waals surface area contributed by atoms with Crippen LogP contribution in [0.15, 0.2) is 58.4 Å². The van der Waals surface area contributed by atoms with Crippen LogP contribution in [0.25, 0.3) is 11.7 Å². The maximum absolute atomic E-state index is 13.5. The van der Waals surface area contributed by atoms with Gasteiger partial charge in [0.25, 0.3) is 17.4 Å². The SMILES string of the molecule is CC(=O)O.Cc1cccn2c(=O)c(/C=C3/SC(=S)N(C(C)C)C3=O)c(NC(C)c3ccccc3)nc12. The van der Waals surface area contributed by atoms with Gasteiger partial charge < -0.3 is 10.4 Å². The highest BCUT2D eigenvalue weighted by atomic mass is 32.2. The second kappa shape index (κ2) is 11.5. The zero-order valence-corrected chi connectivity index (χ0v) is 22.3. The van der Waals surface area contributed by atoms with Crippen molar-refractivity contribution in [2.45, 2.75) is 46.7 Å². The molecule has 0 aliphatic carbocycles. The van der Waals surface area contributed by atoms with E-state index in [0.29, 0.717) is 26.3 Å². The Morgan fingerprint density at radius 1 is 1.14 bits per heavy atom. The van der Waals surface area contributed by atoms with E-state index in [4.69, 9.17) is 27.1 Å². The molecule has 2 aromatic heterocycles. The van der Waals surface area contributed by atoms with Crippen molar-refractivity contribution >= 4 is 57.7 Å². The molecule has 1 aliphatic rings. The second-order valence-electron chi connectivity index (χ2n) is 8.51. The molecule has 1 saturated heterocycles. The van der Waals surface area contributed by atoms with Crippen molar-refractivity contribution < 1.29 is 14.7 Å². The van der Waals surface area contributed by atoms with Gasteiger partial charge in [-0.1, -0.05) is 60.4 Å². The third-order valence-electron chi connectivity index (χ3n) is 5.35. The fraction of sp³-hybridized carbons (Fsp3) is 0.269. The van der Waals surface area contributed by atoms with E-state index in [1.165, 1.54) is 16.2 Å². The number of benzene rings is 1. The number of carboxylic acid groups (broad SMARTS) is 1.